The predicted octanol–water partition coefficient (Wildman–Crippen LogP) is 2.66. The lowest BCUT2D eigenvalue weighted by Crippen LogP contribution is -2.20. The minimum Gasteiger partial charge on any atom is -0.477 e. The van der Waals surface area contributed by atoms with Gasteiger partial charge in [0.05, 0.1) is 12.2 Å². The van der Waals surface area contributed by atoms with Crippen LogP contribution in [0.4, 0.5) is 0 Å². The summed E-state index contributed by atoms with van der Waals surface area (Å²) in [5.41, 5.74) is 0.869. The minimum atomic E-state index is -0.870. The smallest absolute Gasteiger partial charge is 0.345 e. The Morgan fingerprint density at radius 2 is 2.10 bits per heavy atom. The van der Waals surface area contributed by atoms with Crippen LogP contribution in [-0.2, 0) is 12.0 Å². The minimum absolute atomic E-state index is 0.0987. The van der Waals surface area contributed by atoms with Crippen molar-refractivity contribution in [1.82, 2.24) is 14.7 Å². The Morgan fingerprint density at radius 1 is 1.45 bits per heavy atom. The highest BCUT2D eigenvalue weighted by Crippen LogP contribution is 2.34. The molecular weight excluding hydrogens is 274 g/mol. The second kappa shape index (κ2) is 5.18. The van der Waals surface area contributed by atoms with E-state index in [0.29, 0.717) is 4.88 Å². The number of hydrogen-bond donors (Lipinski definition) is 1. The third-order valence-corrected chi connectivity index (χ3v) is 4.24. The van der Waals surface area contributed by atoms with Gasteiger partial charge in [-0.2, -0.15) is 5.10 Å². The lowest BCUT2D eigenvalue weighted by Gasteiger charge is -2.15. The van der Waals surface area contributed by atoms with Gasteiger partial charge < -0.3 is 10.0 Å². The fourth-order valence-electron chi connectivity index (χ4n) is 2.07. The van der Waals surface area contributed by atoms with E-state index in [4.69, 9.17) is 5.10 Å². The number of rotatable bonds is 4. The van der Waals surface area contributed by atoms with Crippen molar-refractivity contribution in [3.8, 4) is 0 Å². The summed E-state index contributed by atoms with van der Waals surface area (Å²) in [4.78, 5) is 14.6. The molecule has 2 aromatic heterocycles. The van der Waals surface area contributed by atoms with Crippen LogP contribution in [0.15, 0.2) is 6.07 Å². The lowest BCUT2D eigenvalue weighted by molar-refractivity contribution is 0.0702. The monoisotopic (exact) mass is 295 g/mol. The van der Waals surface area contributed by atoms with E-state index < -0.39 is 5.97 Å². The van der Waals surface area contributed by atoms with Crippen molar-refractivity contribution >= 4 is 27.5 Å². The molecule has 0 radical (unpaired) electrons. The quantitative estimate of drug-likeness (QED) is 0.942. The first-order chi connectivity index (χ1) is 9.20. The van der Waals surface area contributed by atoms with Gasteiger partial charge in [0.2, 0.25) is 0 Å². The zero-order valence-electron chi connectivity index (χ0n) is 12.6. The maximum absolute atomic E-state index is 11.2. The number of likely N-dealkylation sites (N-methyl/N-ethyl adjacent to an activating group) is 1. The van der Waals surface area contributed by atoms with Crippen LogP contribution >= 0.6 is 11.3 Å². The van der Waals surface area contributed by atoms with Crippen molar-refractivity contribution in [3.05, 3.63) is 16.6 Å². The molecule has 2 heterocycles. The zero-order valence-corrected chi connectivity index (χ0v) is 13.4. The molecule has 20 heavy (non-hydrogen) atoms. The van der Waals surface area contributed by atoms with Gasteiger partial charge in [0, 0.05) is 17.3 Å². The SMILES string of the molecule is CN(C)CCn1nc(C(C)(C)C)c2cc(C(=O)O)sc21. The second-order valence-corrected chi connectivity index (χ2v) is 7.29. The van der Waals surface area contributed by atoms with Gasteiger partial charge in [-0.05, 0) is 20.2 Å². The van der Waals surface area contributed by atoms with Crippen molar-refractivity contribution < 1.29 is 9.90 Å². The van der Waals surface area contributed by atoms with Crippen molar-refractivity contribution in [2.24, 2.45) is 0 Å². The second-order valence-electron chi connectivity index (χ2n) is 6.26. The van der Waals surface area contributed by atoms with E-state index in [1.807, 2.05) is 18.8 Å². The number of carbonyl (C=O) groups is 1. The van der Waals surface area contributed by atoms with Gasteiger partial charge in [-0.15, -0.1) is 11.3 Å². The van der Waals surface area contributed by atoms with Gasteiger partial charge in [0.15, 0.2) is 0 Å². The van der Waals surface area contributed by atoms with Crippen molar-refractivity contribution in [2.75, 3.05) is 20.6 Å². The summed E-state index contributed by atoms with van der Waals surface area (Å²) in [6.45, 7) is 7.94. The molecule has 0 fully saturated rings. The molecule has 0 aliphatic heterocycles. The maximum atomic E-state index is 11.2. The van der Waals surface area contributed by atoms with Crippen LogP contribution in [0.3, 0.4) is 0 Å². The first-order valence-electron chi connectivity index (χ1n) is 6.59. The zero-order chi connectivity index (χ0) is 15.1. The van der Waals surface area contributed by atoms with Crippen LogP contribution in [0, 0.1) is 0 Å². The standard InChI is InChI=1S/C14H21N3O2S/c1-14(2,3)11-9-8-10(13(18)19)20-12(9)17(15-11)7-6-16(4)5/h8H,6-7H2,1-5H3,(H,18,19). The summed E-state index contributed by atoms with van der Waals surface area (Å²) in [5, 5.41) is 14.9. The van der Waals surface area contributed by atoms with E-state index in [-0.39, 0.29) is 5.41 Å². The number of carboxylic acid groups (broad SMARTS) is 1. The maximum Gasteiger partial charge on any atom is 0.345 e. The van der Waals surface area contributed by atoms with Gasteiger partial charge in [-0.25, -0.2) is 4.79 Å². The molecule has 1 N–H and O–H groups in total. The molecule has 0 aromatic carbocycles. The largest absolute Gasteiger partial charge is 0.477 e. The molecule has 0 saturated heterocycles. The van der Waals surface area contributed by atoms with Crippen molar-refractivity contribution in [3.63, 3.8) is 0 Å². The molecule has 0 amide bonds. The number of carboxylic acids is 1. The number of nitrogens with zero attached hydrogens (tertiary/aromatic N) is 3. The van der Waals surface area contributed by atoms with Crippen LogP contribution < -0.4 is 0 Å². The Bertz CT molecular complexity index is 635. The molecule has 110 valence electrons. The van der Waals surface area contributed by atoms with Crippen LogP contribution in [0.5, 0.6) is 0 Å². The van der Waals surface area contributed by atoms with Crippen LogP contribution in [0.1, 0.15) is 36.1 Å². The predicted molar refractivity (Wildman–Crippen MR) is 81.8 cm³/mol. The van der Waals surface area contributed by atoms with Crippen LogP contribution in [-0.4, -0.2) is 46.4 Å². The average Bonchev–Trinajstić information content (AvgIpc) is 2.82. The average molecular weight is 295 g/mol. The van der Waals surface area contributed by atoms with E-state index in [9.17, 15) is 9.90 Å². The Labute approximate surface area is 122 Å². The van der Waals surface area contributed by atoms with Gasteiger partial charge >= 0.3 is 5.97 Å². The Kier molecular flexibility index (Phi) is 3.88. The number of thiophene rings is 1. The number of hydrogen-bond acceptors (Lipinski definition) is 4. The van der Waals surface area contributed by atoms with Crippen molar-refractivity contribution in [1.29, 1.82) is 0 Å². The fraction of sp³-hybridized carbons (Fsp3) is 0.571. The molecule has 0 aliphatic rings. The van der Waals surface area contributed by atoms with E-state index in [1.54, 1.807) is 6.07 Å². The molecule has 2 rings (SSSR count). The molecule has 0 aliphatic carbocycles. The Balaban J connectivity index is 2.54. The molecule has 2 aromatic rings. The molecule has 0 atom stereocenters. The highest BCUT2D eigenvalue weighted by Gasteiger charge is 2.25. The van der Waals surface area contributed by atoms with Gasteiger partial charge in [0.25, 0.3) is 0 Å². The number of aromatic nitrogens is 2. The van der Waals surface area contributed by atoms with E-state index in [1.165, 1.54) is 11.3 Å². The first kappa shape index (κ1) is 15.0. The highest BCUT2D eigenvalue weighted by molar-refractivity contribution is 7.20. The molecule has 6 heteroatoms. The summed E-state index contributed by atoms with van der Waals surface area (Å²) < 4.78 is 1.94. The van der Waals surface area contributed by atoms with Gasteiger partial charge in [0.1, 0.15) is 9.71 Å². The van der Waals surface area contributed by atoms with E-state index >= 15 is 0 Å². The summed E-state index contributed by atoms with van der Waals surface area (Å²) >= 11 is 1.30. The van der Waals surface area contributed by atoms with E-state index in [2.05, 4.69) is 25.7 Å². The molecule has 0 saturated carbocycles. The Morgan fingerprint density at radius 3 is 2.60 bits per heavy atom. The molecule has 0 spiro atoms. The summed E-state index contributed by atoms with van der Waals surface area (Å²) in [5.74, 6) is -0.870. The summed E-state index contributed by atoms with van der Waals surface area (Å²) in [6, 6.07) is 1.75. The summed E-state index contributed by atoms with van der Waals surface area (Å²) in [6.07, 6.45) is 0. The topological polar surface area (TPSA) is 58.4 Å². The third kappa shape index (κ3) is 2.86. The molecule has 0 bridgehead atoms. The highest BCUT2D eigenvalue weighted by atomic mass is 32.1. The van der Waals surface area contributed by atoms with Crippen LogP contribution in [0.25, 0.3) is 10.2 Å². The normalized spacial score (nSPS) is 12.5. The van der Waals surface area contributed by atoms with Crippen LogP contribution in [0.2, 0.25) is 0 Å². The molecular formula is C14H21N3O2S. The van der Waals surface area contributed by atoms with E-state index in [0.717, 1.165) is 29.0 Å². The number of fused-ring (bicyclic) bond motifs is 1. The lowest BCUT2D eigenvalue weighted by atomic mass is 9.91. The van der Waals surface area contributed by atoms with Gasteiger partial charge in [-0.1, -0.05) is 20.8 Å². The fourth-order valence-corrected chi connectivity index (χ4v) is 3.04. The van der Waals surface area contributed by atoms with Crippen molar-refractivity contribution in [2.45, 2.75) is 32.7 Å². The first-order valence-corrected chi connectivity index (χ1v) is 7.40. The Hall–Kier alpha value is -1.40. The summed E-state index contributed by atoms with van der Waals surface area (Å²) in [7, 11) is 4.03. The molecule has 0 unspecified atom stereocenters. The third-order valence-electron chi connectivity index (χ3n) is 3.10. The van der Waals surface area contributed by atoms with Gasteiger partial charge in [-0.3, -0.25) is 4.68 Å². The number of aromatic carboxylic acids is 1. The molecule has 5 nitrogen and oxygen atoms in total.